The molecule has 0 bridgehead atoms. The molecule has 0 fully saturated rings. The van der Waals surface area contributed by atoms with Crippen molar-refractivity contribution in [3.05, 3.63) is 59.1 Å². The lowest BCUT2D eigenvalue weighted by molar-refractivity contribution is -0.119. The number of nitrogens with zero attached hydrogens (tertiary/aromatic N) is 1. The van der Waals surface area contributed by atoms with Crippen LogP contribution in [0.2, 0.25) is 0 Å². The molecule has 2 amide bonds. The standard InChI is InChI=1S/C19H16ClNO4/c1-3-25-14-9-7-12(8-10-14)16-17(20)19(23)21(18(16)22)13-5-4-6-15(11-13)24-2/h4-11H,3H2,1-2H3. The smallest absolute Gasteiger partial charge is 0.277 e. The van der Waals surface area contributed by atoms with Gasteiger partial charge in [-0.05, 0) is 36.8 Å². The van der Waals surface area contributed by atoms with E-state index in [9.17, 15) is 9.59 Å². The van der Waals surface area contributed by atoms with Crippen LogP contribution in [0.25, 0.3) is 5.57 Å². The molecule has 6 heteroatoms. The van der Waals surface area contributed by atoms with Gasteiger partial charge in [0.1, 0.15) is 16.5 Å². The summed E-state index contributed by atoms with van der Waals surface area (Å²) < 4.78 is 10.5. The van der Waals surface area contributed by atoms with Crippen LogP contribution < -0.4 is 14.4 Å². The van der Waals surface area contributed by atoms with Crippen LogP contribution in [-0.2, 0) is 9.59 Å². The van der Waals surface area contributed by atoms with Gasteiger partial charge >= 0.3 is 0 Å². The van der Waals surface area contributed by atoms with Gasteiger partial charge in [-0.3, -0.25) is 9.59 Å². The van der Waals surface area contributed by atoms with Gasteiger partial charge in [0.15, 0.2) is 0 Å². The molecule has 3 rings (SSSR count). The second-order valence-corrected chi connectivity index (χ2v) is 5.67. The summed E-state index contributed by atoms with van der Waals surface area (Å²) in [6.45, 7) is 2.43. The number of imide groups is 1. The Bertz CT molecular complexity index is 858. The average Bonchev–Trinajstić information content (AvgIpc) is 2.85. The normalized spacial score (nSPS) is 14.3. The number of amides is 2. The Labute approximate surface area is 150 Å². The van der Waals surface area contributed by atoms with E-state index in [0.29, 0.717) is 29.4 Å². The molecule has 0 saturated heterocycles. The first-order valence-electron chi connectivity index (χ1n) is 7.72. The zero-order valence-corrected chi connectivity index (χ0v) is 14.5. The molecule has 0 N–H and O–H groups in total. The topological polar surface area (TPSA) is 55.8 Å². The average molecular weight is 358 g/mol. The molecule has 1 aliphatic rings. The highest BCUT2D eigenvalue weighted by Crippen LogP contribution is 2.36. The number of carbonyl (C=O) groups is 2. The van der Waals surface area contributed by atoms with E-state index in [0.717, 1.165) is 4.90 Å². The SMILES string of the molecule is CCOc1ccc(C2=C(Cl)C(=O)N(c3cccc(OC)c3)C2=O)cc1. The van der Waals surface area contributed by atoms with Crippen LogP contribution in [-0.4, -0.2) is 25.5 Å². The number of hydrogen-bond donors (Lipinski definition) is 0. The summed E-state index contributed by atoms with van der Waals surface area (Å²) in [5.74, 6) is 0.212. The van der Waals surface area contributed by atoms with Crippen molar-refractivity contribution >= 4 is 34.7 Å². The predicted molar refractivity (Wildman–Crippen MR) is 95.9 cm³/mol. The molecule has 0 unspecified atom stereocenters. The van der Waals surface area contributed by atoms with Gasteiger partial charge in [0.2, 0.25) is 0 Å². The first kappa shape index (κ1) is 17.0. The summed E-state index contributed by atoms with van der Waals surface area (Å²) in [5.41, 5.74) is 1.16. The molecule has 128 valence electrons. The largest absolute Gasteiger partial charge is 0.497 e. The van der Waals surface area contributed by atoms with Crippen LogP contribution in [0.3, 0.4) is 0 Å². The van der Waals surface area contributed by atoms with E-state index in [-0.39, 0.29) is 10.6 Å². The number of carbonyl (C=O) groups excluding carboxylic acids is 2. The van der Waals surface area contributed by atoms with Gasteiger partial charge in [-0.25, -0.2) is 4.90 Å². The third-order valence-electron chi connectivity index (χ3n) is 3.79. The lowest BCUT2D eigenvalue weighted by Crippen LogP contribution is -2.31. The molecule has 1 heterocycles. The fraction of sp³-hybridized carbons (Fsp3) is 0.158. The molecule has 0 spiro atoms. The molecule has 0 aliphatic carbocycles. The van der Waals surface area contributed by atoms with E-state index < -0.39 is 11.8 Å². The number of benzene rings is 2. The van der Waals surface area contributed by atoms with Gasteiger partial charge in [-0.2, -0.15) is 0 Å². The van der Waals surface area contributed by atoms with Gasteiger partial charge in [-0.1, -0.05) is 29.8 Å². The zero-order valence-electron chi connectivity index (χ0n) is 13.8. The number of hydrogen-bond acceptors (Lipinski definition) is 4. The summed E-state index contributed by atoms with van der Waals surface area (Å²) in [7, 11) is 1.52. The van der Waals surface area contributed by atoms with E-state index in [4.69, 9.17) is 21.1 Å². The van der Waals surface area contributed by atoms with Gasteiger partial charge in [0, 0.05) is 6.07 Å². The molecule has 0 atom stereocenters. The lowest BCUT2D eigenvalue weighted by Gasteiger charge is -2.15. The van der Waals surface area contributed by atoms with Gasteiger partial charge in [-0.15, -0.1) is 0 Å². The van der Waals surface area contributed by atoms with Crippen molar-refractivity contribution in [2.24, 2.45) is 0 Å². The van der Waals surface area contributed by atoms with Gasteiger partial charge in [0.05, 0.1) is 25.0 Å². The second-order valence-electron chi connectivity index (χ2n) is 5.29. The Hall–Kier alpha value is -2.79. The number of ether oxygens (including phenoxy) is 2. The maximum atomic E-state index is 12.8. The minimum atomic E-state index is -0.552. The molecule has 25 heavy (non-hydrogen) atoms. The molecule has 0 radical (unpaired) electrons. The van der Waals surface area contributed by atoms with Crippen molar-refractivity contribution in [1.29, 1.82) is 0 Å². The summed E-state index contributed by atoms with van der Waals surface area (Å²) in [5, 5.41) is -0.100. The highest BCUT2D eigenvalue weighted by atomic mass is 35.5. The predicted octanol–water partition coefficient (Wildman–Crippen LogP) is 3.62. The Morgan fingerprint density at radius 3 is 2.36 bits per heavy atom. The van der Waals surface area contributed by atoms with Crippen molar-refractivity contribution < 1.29 is 19.1 Å². The highest BCUT2D eigenvalue weighted by molar-refractivity contribution is 6.60. The molecule has 5 nitrogen and oxygen atoms in total. The van der Waals surface area contributed by atoms with Crippen molar-refractivity contribution in [1.82, 2.24) is 0 Å². The number of halogens is 1. The Kier molecular flexibility index (Phi) is 4.76. The van der Waals surface area contributed by atoms with Crippen molar-refractivity contribution in [2.75, 3.05) is 18.6 Å². The summed E-state index contributed by atoms with van der Waals surface area (Å²) in [4.78, 5) is 26.4. The Balaban J connectivity index is 1.96. The maximum absolute atomic E-state index is 12.8. The first-order valence-corrected chi connectivity index (χ1v) is 8.10. The number of rotatable bonds is 5. The third-order valence-corrected chi connectivity index (χ3v) is 4.14. The summed E-state index contributed by atoms with van der Waals surface area (Å²) in [6.07, 6.45) is 0. The van der Waals surface area contributed by atoms with Crippen molar-refractivity contribution in [2.45, 2.75) is 6.92 Å². The molecule has 2 aromatic rings. The Morgan fingerprint density at radius 2 is 1.72 bits per heavy atom. The zero-order chi connectivity index (χ0) is 18.0. The van der Waals surface area contributed by atoms with Crippen LogP contribution in [0.1, 0.15) is 12.5 Å². The lowest BCUT2D eigenvalue weighted by atomic mass is 10.1. The molecule has 1 aliphatic heterocycles. The van der Waals surface area contributed by atoms with Crippen molar-refractivity contribution in [3.63, 3.8) is 0 Å². The summed E-state index contributed by atoms with van der Waals surface area (Å²) in [6, 6.07) is 13.6. The maximum Gasteiger partial charge on any atom is 0.277 e. The summed E-state index contributed by atoms with van der Waals surface area (Å²) >= 11 is 6.18. The molecular weight excluding hydrogens is 342 g/mol. The van der Waals surface area contributed by atoms with Crippen LogP contribution in [0.15, 0.2) is 53.6 Å². The molecule has 0 saturated carbocycles. The van der Waals surface area contributed by atoms with Crippen LogP contribution in [0, 0.1) is 0 Å². The Morgan fingerprint density at radius 1 is 1.00 bits per heavy atom. The minimum Gasteiger partial charge on any atom is -0.497 e. The van der Waals surface area contributed by atoms with Gasteiger partial charge in [0.25, 0.3) is 11.8 Å². The van der Waals surface area contributed by atoms with E-state index >= 15 is 0 Å². The monoisotopic (exact) mass is 357 g/mol. The van der Waals surface area contributed by atoms with E-state index in [1.807, 2.05) is 6.92 Å². The van der Waals surface area contributed by atoms with E-state index in [1.165, 1.54) is 7.11 Å². The number of methoxy groups -OCH3 is 1. The van der Waals surface area contributed by atoms with E-state index in [2.05, 4.69) is 0 Å². The minimum absolute atomic E-state index is 0.100. The quantitative estimate of drug-likeness (QED) is 0.767. The van der Waals surface area contributed by atoms with Crippen molar-refractivity contribution in [3.8, 4) is 11.5 Å². The molecule has 2 aromatic carbocycles. The highest BCUT2D eigenvalue weighted by Gasteiger charge is 2.39. The van der Waals surface area contributed by atoms with Crippen LogP contribution >= 0.6 is 11.6 Å². The number of anilines is 1. The fourth-order valence-electron chi connectivity index (χ4n) is 2.62. The van der Waals surface area contributed by atoms with Crippen LogP contribution in [0.4, 0.5) is 5.69 Å². The van der Waals surface area contributed by atoms with Gasteiger partial charge < -0.3 is 9.47 Å². The second kappa shape index (κ2) is 6.99. The fourth-order valence-corrected chi connectivity index (χ4v) is 2.90. The molecular formula is C19H16ClNO4. The van der Waals surface area contributed by atoms with Crippen LogP contribution in [0.5, 0.6) is 11.5 Å². The molecule has 0 aromatic heterocycles. The third kappa shape index (κ3) is 3.10. The first-order chi connectivity index (χ1) is 12.1. The van der Waals surface area contributed by atoms with E-state index in [1.54, 1.807) is 48.5 Å².